The zero-order valence-corrected chi connectivity index (χ0v) is 16.3. The number of nitrogens with zero attached hydrogens (tertiary/aromatic N) is 1. The van der Waals surface area contributed by atoms with Crippen LogP contribution in [0.25, 0.3) is 0 Å². The maximum absolute atomic E-state index is 13.8. The Kier molecular flexibility index (Phi) is 5.93. The van der Waals surface area contributed by atoms with Gasteiger partial charge in [-0.2, -0.15) is 0 Å². The van der Waals surface area contributed by atoms with Crippen molar-refractivity contribution >= 4 is 21.6 Å². The number of para-hydroxylation sites is 1. The van der Waals surface area contributed by atoms with Gasteiger partial charge in [0.15, 0.2) is 0 Å². The lowest BCUT2D eigenvalue weighted by Gasteiger charge is -2.18. The number of halogens is 2. The van der Waals surface area contributed by atoms with Crippen LogP contribution in [0.4, 0.5) is 14.5 Å². The molecule has 1 amide bonds. The van der Waals surface area contributed by atoms with Crippen molar-refractivity contribution in [3.8, 4) is 0 Å². The Balaban J connectivity index is 1.82. The van der Waals surface area contributed by atoms with Gasteiger partial charge in [-0.15, -0.1) is 0 Å². The summed E-state index contributed by atoms with van der Waals surface area (Å²) in [4.78, 5) is 13.8. The fraction of sp³-hybridized carbons (Fsp3) is 0.0952. The predicted octanol–water partition coefficient (Wildman–Crippen LogP) is 4.04. The van der Waals surface area contributed by atoms with Gasteiger partial charge in [0, 0.05) is 24.7 Å². The highest BCUT2D eigenvalue weighted by Gasteiger charge is 2.20. The standard InChI is InChI=1S/C21H18F2N2O3S/c1-25(14-16-7-2-3-10-18(16)22)21(26)15-8-6-9-17(13-15)29(27,28)24-20-12-5-4-11-19(20)23/h2-13,24H,14H2,1H3. The molecule has 0 unspecified atom stereocenters. The molecule has 3 aromatic carbocycles. The number of carbonyl (C=O) groups excluding carboxylic acids is 1. The van der Waals surface area contributed by atoms with Crippen LogP contribution in [-0.4, -0.2) is 26.3 Å². The SMILES string of the molecule is CN(Cc1ccccc1F)C(=O)c1cccc(S(=O)(=O)Nc2ccccc2F)c1. The van der Waals surface area contributed by atoms with Crippen LogP contribution in [0.3, 0.4) is 0 Å². The Bertz CT molecular complexity index is 1150. The molecule has 5 nitrogen and oxygen atoms in total. The summed E-state index contributed by atoms with van der Waals surface area (Å²) >= 11 is 0. The summed E-state index contributed by atoms with van der Waals surface area (Å²) in [6.45, 7) is 0.0238. The lowest BCUT2D eigenvalue weighted by atomic mass is 10.1. The predicted molar refractivity (Wildman–Crippen MR) is 106 cm³/mol. The molecule has 0 radical (unpaired) electrons. The average molecular weight is 416 g/mol. The van der Waals surface area contributed by atoms with Gasteiger partial charge in [-0.1, -0.05) is 36.4 Å². The van der Waals surface area contributed by atoms with E-state index in [1.165, 1.54) is 60.5 Å². The van der Waals surface area contributed by atoms with Crippen molar-refractivity contribution < 1.29 is 22.0 Å². The van der Waals surface area contributed by atoms with Gasteiger partial charge >= 0.3 is 0 Å². The number of anilines is 1. The Hall–Kier alpha value is -3.26. The van der Waals surface area contributed by atoms with E-state index in [-0.39, 0.29) is 22.7 Å². The highest BCUT2D eigenvalue weighted by molar-refractivity contribution is 7.92. The fourth-order valence-electron chi connectivity index (χ4n) is 2.72. The van der Waals surface area contributed by atoms with Crippen LogP contribution >= 0.6 is 0 Å². The molecule has 1 N–H and O–H groups in total. The van der Waals surface area contributed by atoms with E-state index in [4.69, 9.17) is 0 Å². The minimum atomic E-state index is -4.10. The summed E-state index contributed by atoms with van der Waals surface area (Å²) in [5.74, 6) is -1.62. The summed E-state index contributed by atoms with van der Waals surface area (Å²) in [5.41, 5.74) is 0.259. The number of carbonyl (C=O) groups is 1. The van der Waals surface area contributed by atoms with Gasteiger partial charge in [-0.3, -0.25) is 9.52 Å². The molecule has 0 saturated heterocycles. The molecule has 0 bridgehead atoms. The van der Waals surface area contributed by atoms with Crippen LogP contribution in [0, 0.1) is 11.6 Å². The minimum absolute atomic E-state index is 0.0238. The summed E-state index contributed by atoms with van der Waals surface area (Å²) < 4.78 is 54.9. The lowest BCUT2D eigenvalue weighted by molar-refractivity contribution is 0.0783. The van der Waals surface area contributed by atoms with Crippen molar-refractivity contribution in [1.82, 2.24) is 4.90 Å². The minimum Gasteiger partial charge on any atom is -0.337 e. The Morgan fingerprint density at radius 2 is 1.59 bits per heavy atom. The Labute approximate surface area is 167 Å². The molecule has 0 fully saturated rings. The molecule has 29 heavy (non-hydrogen) atoms. The van der Waals surface area contributed by atoms with E-state index < -0.39 is 27.6 Å². The van der Waals surface area contributed by atoms with Crippen LogP contribution in [-0.2, 0) is 16.6 Å². The van der Waals surface area contributed by atoms with Gasteiger partial charge in [0.1, 0.15) is 11.6 Å². The third kappa shape index (κ3) is 4.78. The van der Waals surface area contributed by atoms with E-state index in [2.05, 4.69) is 4.72 Å². The first-order chi connectivity index (χ1) is 13.8. The zero-order valence-electron chi connectivity index (χ0n) is 15.5. The van der Waals surface area contributed by atoms with Crippen LogP contribution in [0.5, 0.6) is 0 Å². The molecule has 8 heteroatoms. The summed E-state index contributed by atoms with van der Waals surface area (Å²) in [5, 5.41) is 0. The van der Waals surface area contributed by atoms with Crippen molar-refractivity contribution in [3.63, 3.8) is 0 Å². The van der Waals surface area contributed by atoms with Gasteiger partial charge in [0.25, 0.3) is 15.9 Å². The lowest BCUT2D eigenvalue weighted by Crippen LogP contribution is -2.27. The van der Waals surface area contributed by atoms with Crippen LogP contribution < -0.4 is 4.72 Å². The van der Waals surface area contributed by atoms with E-state index in [1.54, 1.807) is 18.2 Å². The summed E-state index contributed by atoms with van der Waals surface area (Å²) in [6.07, 6.45) is 0. The third-order valence-corrected chi connectivity index (χ3v) is 5.58. The molecular formula is C21H18F2N2O3S. The van der Waals surface area contributed by atoms with Crippen LogP contribution in [0.15, 0.2) is 77.7 Å². The number of amides is 1. The first-order valence-electron chi connectivity index (χ1n) is 8.64. The first kappa shape index (κ1) is 20.5. The van der Waals surface area contributed by atoms with Gasteiger partial charge in [-0.05, 0) is 36.4 Å². The number of hydrogen-bond donors (Lipinski definition) is 1. The molecule has 3 rings (SSSR count). The second kappa shape index (κ2) is 8.40. The second-order valence-electron chi connectivity index (χ2n) is 6.37. The molecule has 0 aromatic heterocycles. The molecular weight excluding hydrogens is 398 g/mol. The highest BCUT2D eigenvalue weighted by atomic mass is 32.2. The van der Waals surface area contributed by atoms with Crippen molar-refractivity contribution in [2.24, 2.45) is 0 Å². The molecule has 0 aliphatic rings. The Morgan fingerprint density at radius 3 is 2.28 bits per heavy atom. The van der Waals surface area contributed by atoms with Gasteiger partial charge in [-0.25, -0.2) is 17.2 Å². The highest BCUT2D eigenvalue weighted by Crippen LogP contribution is 2.20. The maximum atomic E-state index is 13.8. The number of benzene rings is 3. The van der Waals surface area contributed by atoms with E-state index in [9.17, 15) is 22.0 Å². The molecule has 0 aliphatic carbocycles. The summed E-state index contributed by atoms with van der Waals surface area (Å²) in [7, 11) is -2.61. The molecule has 0 atom stereocenters. The topological polar surface area (TPSA) is 66.5 Å². The van der Waals surface area contributed by atoms with Gasteiger partial charge in [0.05, 0.1) is 10.6 Å². The molecule has 3 aromatic rings. The number of hydrogen-bond acceptors (Lipinski definition) is 3. The van der Waals surface area contributed by atoms with Crippen molar-refractivity contribution in [3.05, 3.63) is 95.6 Å². The van der Waals surface area contributed by atoms with E-state index >= 15 is 0 Å². The van der Waals surface area contributed by atoms with Crippen molar-refractivity contribution in [2.45, 2.75) is 11.4 Å². The number of sulfonamides is 1. The van der Waals surface area contributed by atoms with E-state index in [1.807, 2.05) is 0 Å². The quantitative estimate of drug-likeness (QED) is 0.660. The molecule has 0 spiro atoms. The third-order valence-electron chi connectivity index (χ3n) is 4.22. The zero-order chi connectivity index (χ0) is 21.0. The smallest absolute Gasteiger partial charge is 0.262 e. The van der Waals surface area contributed by atoms with E-state index in [0.29, 0.717) is 5.56 Å². The van der Waals surface area contributed by atoms with Gasteiger partial charge < -0.3 is 4.90 Å². The largest absolute Gasteiger partial charge is 0.337 e. The molecule has 150 valence electrons. The van der Waals surface area contributed by atoms with E-state index in [0.717, 1.165) is 6.07 Å². The number of rotatable bonds is 6. The average Bonchev–Trinajstić information content (AvgIpc) is 2.71. The fourth-order valence-corrected chi connectivity index (χ4v) is 3.83. The molecule has 0 heterocycles. The van der Waals surface area contributed by atoms with Gasteiger partial charge in [0.2, 0.25) is 0 Å². The van der Waals surface area contributed by atoms with Crippen molar-refractivity contribution in [2.75, 3.05) is 11.8 Å². The second-order valence-corrected chi connectivity index (χ2v) is 8.05. The monoisotopic (exact) mass is 416 g/mol. The van der Waals surface area contributed by atoms with Crippen LogP contribution in [0.2, 0.25) is 0 Å². The van der Waals surface area contributed by atoms with Crippen molar-refractivity contribution in [1.29, 1.82) is 0 Å². The maximum Gasteiger partial charge on any atom is 0.262 e. The molecule has 0 saturated carbocycles. The summed E-state index contributed by atoms with van der Waals surface area (Å²) in [6, 6.07) is 16.8. The Morgan fingerprint density at radius 1 is 0.931 bits per heavy atom. The normalized spacial score (nSPS) is 11.1. The number of nitrogens with one attached hydrogen (secondary N) is 1. The van der Waals surface area contributed by atoms with Crippen LogP contribution in [0.1, 0.15) is 15.9 Å². The molecule has 0 aliphatic heterocycles. The first-order valence-corrected chi connectivity index (χ1v) is 10.1.